The van der Waals surface area contributed by atoms with Crippen LogP contribution in [-0.4, -0.2) is 59.6 Å². The Morgan fingerprint density at radius 1 is 1.00 bits per heavy atom. The third-order valence-corrected chi connectivity index (χ3v) is 10.6. The fraction of sp³-hybridized carbons (Fsp3) is 0.656. The molecule has 1 aromatic rings. The van der Waals surface area contributed by atoms with Gasteiger partial charge >= 0.3 is 0 Å². The van der Waals surface area contributed by atoms with Crippen LogP contribution in [-0.2, 0) is 19.1 Å². The summed E-state index contributed by atoms with van der Waals surface area (Å²) in [6, 6.07) is 6.42. The highest BCUT2D eigenvalue weighted by Crippen LogP contribution is 2.56. The Labute approximate surface area is 237 Å². The van der Waals surface area contributed by atoms with Crippen molar-refractivity contribution in [3.63, 3.8) is 0 Å². The van der Waals surface area contributed by atoms with Gasteiger partial charge < -0.3 is 25.0 Å². The van der Waals surface area contributed by atoms with Gasteiger partial charge in [-0.2, -0.15) is 0 Å². The zero-order valence-electron chi connectivity index (χ0n) is 24.1. The van der Waals surface area contributed by atoms with Crippen LogP contribution in [0.1, 0.15) is 65.7 Å². The van der Waals surface area contributed by atoms with Gasteiger partial charge in [-0.15, -0.1) is 0 Å². The highest BCUT2D eigenvalue weighted by Gasteiger charge is 2.73. The van der Waals surface area contributed by atoms with Crippen LogP contribution in [0.4, 0.5) is 5.69 Å². The first-order chi connectivity index (χ1) is 19.2. The molecule has 0 radical (unpaired) electrons. The van der Waals surface area contributed by atoms with Gasteiger partial charge in [-0.05, 0) is 74.1 Å². The molecule has 4 fully saturated rings. The van der Waals surface area contributed by atoms with Crippen LogP contribution in [0.25, 0.3) is 0 Å². The summed E-state index contributed by atoms with van der Waals surface area (Å²) in [5.74, 6) is 0.276. The number of amides is 3. The van der Waals surface area contributed by atoms with Gasteiger partial charge in [0.2, 0.25) is 17.7 Å². The lowest BCUT2D eigenvalue weighted by Gasteiger charge is -2.41. The number of nitrogens with zero attached hydrogens (tertiary/aromatic N) is 1. The summed E-state index contributed by atoms with van der Waals surface area (Å²) >= 11 is 0. The summed E-state index contributed by atoms with van der Waals surface area (Å²) in [5, 5.41) is 6.36. The van der Waals surface area contributed by atoms with Gasteiger partial charge in [0.15, 0.2) is 0 Å². The molecule has 216 valence electrons. The number of hydrogen-bond donors (Lipinski definition) is 2. The van der Waals surface area contributed by atoms with E-state index in [-0.39, 0.29) is 29.8 Å². The fourth-order valence-electron chi connectivity index (χ4n) is 8.07. The van der Waals surface area contributed by atoms with Crippen LogP contribution >= 0.6 is 0 Å². The maximum Gasteiger partial charge on any atom is 0.246 e. The van der Waals surface area contributed by atoms with Crippen molar-refractivity contribution < 1.29 is 23.9 Å². The molecule has 8 heteroatoms. The zero-order valence-corrected chi connectivity index (χ0v) is 24.1. The molecule has 8 unspecified atom stereocenters. The molecule has 8 atom stereocenters. The molecule has 3 heterocycles. The quantitative estimate of drug-likeness (QED) is 0.516. The van der Waals surface area contributed by atoms with Gasteiger partial charge in [0.25, 0.3) is 0 Å². The van der Waals surface area contributed by atoms with Crippen LogP contribution < -0.4 is 15.4 Å². The van der Waals surface area contributed by atoms with Crippen molar-refractivity contribution in [3.05, 3.63) is 36.4 Å². The molecule has 0 aromatic heterocycles. The van der Waals surface area contributed by atoms with Gasteiger partial charge in [0.05, 0.1) is 25.0 Å². The van der Waals surface area contributed by atoms with E-state index < -0.39 is 29.6 Å². The molecule has 2 N–H and O–H groups in total. The Balaban J connectivity index is 1.30. The molecule has 3 aliphatic heterocycles. The van der Waals surface area contributed by atoms with Gasteiger partial charge in [0.1, 0.15) is 17.4 Å². The van der Waals surface area contributed by atoms with Gasteiger partial charge in [-0.25, -0.2) is 0 Å². The number of hydrogen-bond acceptors (Lipinski definition) is 5. The van der Waals surface area contributed by atoms with E-state index in [0.29, 0.717) is 29.2 Å². The van der Waals surface area contributed by atoms with Crippen molar-refractivity contribution in [2.45, 2.75) is 95.5 Å². The zero-order chi connectivity index (χ0) is 28.2. The lowest BCUT2D eigenvalue weighted by atomic mass is 9.73. The second-order valence-corrected chi connectivity index (χ2v) is 13.0. The number of rotatable bonds is 6. The second-order valence-electron chi connectivity index (χ2n) is 13.0. The Morgan fingerprint density at radius 2 is 1.73 bits per heavy atom. The van der Waals surface area contributed by atoms with E-state index in [1.807, 2.05) is 17.1 Å². The minimum absolute atomic E-state index is 0.0246. The lowest BCUT2D eigenvalue weighted by Crippen LogP contribution is -2.59. The van der Waals surface area contributed by atoms with Crippen LogP contribution in [0.5, 0.6) is 5.75 Å². The Hall–Kier alpha value is -2.87. The summed E-state index contributed by atoms with van der Waals surface area (Å²) in [7, 11) is 1.60. The third kappa shape index (κ3) is 4.43. The lowest BCUT2D eigenvalue weighted by molar-refractivity contribution is -0.145. The van der Waals surface area contributed by atoms with E-state index in [4.69, 9.17) is 9.47 Å². The van der Waals surface area contributed by atoms with Crippen LogP contribution in [0.3, 0.4) is 0 Å². The van der Waals surface area contributed by atoms with E-state index >= 15 is 0 Å². The number of anilines is 1. The molecule has 2 bridgehead atoms. The minimum atomic E-state index is -1.12. The number of likely N-dealkylation sites (tertiary alicyclic amines) is 1. The number of benzene rings is 1. The first-order valence-corrected chi connectivity index (χ1v) is 15.2. The van der Waals surface area contributed by atoms with Crippen molar-refractivity contribution in [2.24, 2.45) is 29.6 Å². The van der Waals surface area contributed by atoms with Crippen LogP contribution in [0.2, 0.25) is 0 Å². The normalized spacial score (nSPS) is 40.1. The fourth-order valence-corrected chi connectivity index (χ4v) is 8.07. The highest BCUT2D eigenvalue weighted by atomic mass is 16.5. The molecular weight excluding hydrogens is 506 g/mol. The van der Waals surface area contributed by atoms with Crippen molar-refractivity contribution in [3.8, 4) is 5.75 Å². The van der Waals surface area contributed by atoms with E-state index in [1.54, 1.807) is 31.4 Å². The number of carbonyl (C=O) groups is 3. The predicted molar refractivity (Wildman–Crippen MR) is 152 cm³/mol. The van der Waals surface area contributed by atoms with E-state index in [1.165, 1.54) is 6.42 Å². The number of ether oxygens (including phenoxy) is 2. The molecule has 1 spiro atoms. The van der Waals surface area contributed by atoms with E-state index in [2.05, 4.69) is 31.4 Å². The summed E-state index contributed by atoms with van der Waals surface area (Å²) < 4.78 is 11.8. The molecule has 8 nitrogen and oxygen atoms in total. The molecule has 40 heavy (non-hydrogen) atoms. The number of carbonyl (C=O) groups excluding carboxylic acids is 3. The predicted octanol–water partition coefficient (Wildman–Crippen LogP) is 4.30. The largest absolute Gasteiger partial charge is 0.497 e. The molecule has 2 aliphatic carbocycles. The second kappa shape index (κ2) is 10.5. The minimum Gasteiger partial charge on any atom is -0.497 e. The van der Waals surface area contributed by atoms with E-state index in [9.17, 15) is 14.4 Å². The highest BCUT2D eigenvalue weighted by molar-refractivity contribution is 6.03. The van der Waals surface area contributed by atoms with Crippen molar-refractivity contribution >= 4 is 23.4 Å². The van der Waals surface area contributed by atoms with E-state index in [0.717, 1.165) is 38.5 Å². The Bertz CT molecular complexity index is 1180. The number of fused-ring (bicyclic) bond motifs is 1. The molecule has 1 aromatic carbocycles. The third-order valence-electron chi connectivity index (χ3n) is 10.6. The van der Waals surface area contributed by atoms with Crippen LogP contribution in [0.15, 0.2) is 36.4 Å². The molecule has 5 aliphatic rings. The molecule has 6 rings (SSSR count). The number of methoxy groups -OCH3 is 1. The standard InChI is InChI=1S/C32H43N3O5/c1-18-8-12-22(13-9-18)35-28(30(37)34-24-7-5-6-19(2)20(24)3)32-17-16-25(40-32)26(27(32)31(35)38)29(36)33-21-10-14-23(39-4)15-11-21/h10-11,14-20,22,24-28H,5-9,12-13H2,1-4H3,(H,33,36)(H,34,37). The summed E-state index contributed by atoms with van der Waals surface area (Å²) in [6.07, 6.45) is 10.3. The smallest absolute Gasteiger partial charge is 0.246 e. The first-order valence-electron chi connectivity index (χ1n) is 15.2. The Kier molecular flexibility index (Phi) is 7.18. The first kappa shape index (κ1) is 27.3. The van der Waals surface area contributed by atoms with Gasteiger partial charge in [0, 0.05) is 17.8 Å². The molecule has 2 saturated carbocycles. The Morgan fingerprint density at radius 3 is 2.42 bits per heavy atom. The summed E-state index contributed by atoms with van der Waals surface area (Å²) in [4.78, 5) is 44.2. The topological polar surface area (TPSA) is 97.0 Å². The number of nitrogens with one attached hydrogen (secondary N) is 2. The molecular formula is C32H43N3O5. The maximum atomic E-state index is 14.4. The summed E-state index contributed by atoms with van der Waals surface area (Å²) in [6.45, 7) is 6.72. The van der Waals surface area contributed by atoms with Gasteiger partial charge in [-0.1, -0.05) is 45.8 Å². The summed E-state index contributed by atoms with van der Waals surface area (Å²) in [5.41, 5.74) is -0.495. The monoisotopic (exact) mass is 549 g/mol. The van der Waals surface area contributed by atoms with Crippen LogP contribution in [0, 0.1) is 29.6 Å². The molecule has 2 saturated heterocycles. The van der Waals surface area contributed by atoms with Crippen molar-refractivity contribution in [1.82, 2.24) is 10.2 Å². The SMILES string of the molecule is COc1ccc(NC(=O)C2C3C=CC4(O3)C2C(=O)N(C2CCC(C)CC2)C4C(=O)NC2CCCC(C)C2C)cc1. The maximum absolute atomic E-state index is 14.4. The average Bonchev–Trinajstić information content (AvgIpc) is 3.59. The van der Waals surface area contributed by atoms with Crippen molar-refractivity contribution in [2.75, 3.05) is 12.4 Å². The van der Waals surface area contributed by atoms with Gasteiger partial charge in [-0.3, -0.25) is 14.4 Å². The average molecular weight is 550 g/mol. The van der Waals surface area contributed by atoms with Crippen molar-refractivity contribution in [1.29, 1.82) is 0 Å². The molecule has 3 amide bonds.